The van der Waals surface area contributed by atoms with E-state index in [4.69, 9.17) is 4.74 Å². The first kappa shape index (κ1) is 25.3. The van der Waals surface area contributed by atoms with E-state index < -0.39 is 0 Å². The van der Waals surface area contributed by atoms with Crippen LogP contribution >= 0.6 is 0 Å². The van der Waals surface area contributed by atoms with Crippen LogP contribution in [0.2, 0.25) is 0 Å². The molecule has 0 radical (unpaired) electrons. The number of nitrogens with one attached hydrogen (secondary N) is 1. The molecule has 33 heavy (non-hydrogen) atoms. The minimum Gasteiger partial charge on any atom is -0.380 e. The van der Waals surface area contributed by atoms with Crippen molar-refractivity contribution in [2.24, 2.45) is 0 Å². The number of amides is 1. The van der Waals surface area contributed by atoms with Gasteiger partial charge in [-0.15, -0.1) is 0 Å². The van der Waals surface area contributed by atoms with E-state index in [1.165, 1.54) is 22.4 Å². The molecule has 4 heteroatoms. The van der Waals surface area contributed by atoms with Gasteiger partial charge >= 0.3 is 0 Å². The van der Waals surface area contributed by atoms with Crippen molar-refractivity contribution in [3.8, 4) is 0 Å². The number of methoxy groups -OCH3 is 1. The molecule has 0 bridgehead atoms. The molecule has 4 nitrogen and oxygen atoms in total. The number of hydrogen-bond acceptors (Lipinski definition) is 3. The van der Waals surface area contributed by atoms with Crippen LogP contribution in [0.1, 0.15) is 77.5 Å². The van der Waals surface area contributed by atoms with Gasteiger partial charge in [-0.2, -0.15) is 0 Å². The number of benzene rings is 2. The monoisotopic (exact) mass is 450 g/mol. The van der Waals surface area contributed by atoms with Crippen molar-refractivity contribution < 1.29 is 9.53 Å². The molecule has 1 saturated heterocycles. The fourth-order valence-electron chi connectivity index (χ4n) is 4.30. The molecule has 0 saturated carbocycles. The lowest BCUT2D eigenvalue weighted by Gasteiger charge is -2.33. The Kier molecular flexibility index (Phi) is 7.89. The summed E-state index contributed by atoms with van der Waals surface area (Å²) >= 11 is 0. The average molecular weight is 451 g/mol. The van der Waals surface area contributed by atoms with E-state index in [0.717, 1.165) is 38.0 Å². The summed E-state index contributed by atoms with van der Waals surface area (Å²) in [4.78, 5) is 15.0. The fraction of sp³-hybridized carbons (Fsp3) is 0.552. The van der Waals surface area contributed by atoms with Gasteiger partial charge in [0.05, 0.1) is 6.10 Å². The number of rotatable bonds is 6. The maximum absolute atomic E-state index is 12.7. The zero-order valence-electron chi connectivity index (χ0n) is 21.6. The van der Waals surface area contributed by atoms with Crippen molar-refractivity contribution in [2.45, 2.75) is 84.2 Å². The Balaban J connectivity index is 1.61. The van der Waals surface area contributed by atoms with E-state index in [0.29, 0.717) is 12.5 Å². The highest BCUT2D eigenvalue weighted by Gasteiger charge is 2.21. The van der Waals surface area contributed by atoms with Gasteiger partial charge in [0, 0.05) is 38.0 Å². The van der Waals surface area contributed by atoms with E-state index in [-0.39, 0.29) is 16.7 Å². The van der Waals surface area contributed by atoms with Gasteiger partial charge in [-0.3, -0.25) is 4.79 Å². The molecular formula is C29H42N2O2. The minimum absolute atomic E-state index is 0.0543. The van der Waals surface area contributed by atoms with Crippen LogP contribution < -0.4 is 10.2 Å². The third-order valence-corrected chi connectivity index (χ3v) is 6.59. The topological polar surface area (TPSA) is 41.6 Å². The van der Waals surface area contributed by atoms with Gasteiger partial charge in [-0.1, -0.05) is 59.7 Å². The SMILES string of the molecule is COC1CCCN(c2ccc(NC(=O)CCc3cc(C(C)(C)C)cc(C(C)(C)C)c3)cc2)C1. The molecule has 1 amide bonds. The second-order valence-corrected chi connectivity index (χ2v) is 11.5. The Morgan fingerprint density at radius 3 is 2.15 bits per heavy atom. The number of aryl methyl sites for hydroxylation is 1. The molecule has 1 atom stereocenters. The quantitative estimate of drug-likeness (QED) is 0.548. The predicted octanol–water partition coefficient (Wildman–Crippen LogP) is 6.47. The molecule has 2 aromatic rings. The molecular weight excluding hydrogens is 408 g/mol. The van der Waals surface area contributed by atoms with Crippen molar-refractivity contribution in [1.29, 1.82) is 0 Å². The van der Waals surface area contributed by atoms with Crippen LogP contribution in [0, 0.1) is 0 Å². The Hall–Kier alpha value is -2.33. The first-order chi connectivity index (χ1) is 15.5. The number of nitrogens with zero attached hydrogens (tertiary/aromatic N) is 1. The smallest absolute Gasteiger partial charge is 0.224 e. The van der Waals surface area contributed by atoms with Crippen LogP contribution in [0.4, 0.5) is 11.4 Å². The molecule has 0 spiro atoms. The van der Waals surface area contributed by atoms with Crippen molar-refractivity contribution in [3.63, 3.8) is 0 Å². The van der Waals surface area contributed by atoms with Gasteiger partial charge in [0.25, 0.3) is 0 Å². The highest BCUT2D eigenvalue weighted by atomic mass is 16.5. The first-order valence-electron chi connectivity index (χ1n) is 12.3. The van der Waals surface area contributed by atoms with E-state index in [1.54, 1.807) is 7.11 Å². The van der Waals surface area contributed by atoms with Gasteiger partial charge in [-0.25, -0.2) is 0 Å². The Morgan fingerprint density at radius 2 is 1.61 bits per heavy atom. The van der Waals surface area contributed by atoms with Crippen LogP contribution in [0.5, 0.6) is 0 Å². The van der Waals surface area contributed by atoms with E-state index >= 15 is 0 Å². The van der Waals surface area contributed by atoms with E-state index in [9.17, 15) is 4.79 Å². The second-order valence-electron chi connectivity index (χ2n) is 11.5. The molecule has 2 aromatic carbocycles. The zero-order chi connectivity index (χ0) is 24.2. The molecule has 0 aromatic heterocycles. The molecule has 1 unspecified atom stereocenters. The summed E-state index contributed by atoms with van der Waals surface area (Å²) in [7, 11) is 1.79. The lowest BCUT2D eigenvalue weighted by atomic mass is 9.79. The Morgan fingerprint density at radius 1 is 1.00 bits per heavy atom. The maximum Gasteiger partial charge on any atom is 0.224 e. The lowest BCUT2D eigenvalue weighted by molar-refractivity contribution is -0.116. The minimum atomic E-state index is 0.0543. The molecule has 1 aliphatic heterocycles. The Labute approximate surface area is 200 Å². The molecule has 0 aliphatic carbocycles. The third-order valence-electron chi connectivity index (χ3n) is 6.59. The molecule has 180 valence electrons. The summed E-state index contributed by atoms with van der Waals surface area (Å²) in [5.41, 5.74) is 6.08. The van der Waals surface area contributed by atoms with Gasteiger partial charge in [-0.05, 0) is 71.0 Å². The summed E-state index contributed by atoms with van der Waals surface area (Å²) < 4.78 is 5.54. The highest BCUT2D eigenvalue weighted by Crippen LogP contribution is 2.31. The van der Waals surface area contributed by atoms with Gasteiger partial charge < -0.3 is 15.0 Å². The van der Waals surface area contributed by atoms with Crippen molar-refractivity contribution in [3.05, 3.63) is 59.2 Å². The van der Waals surface area contributed by atoms with E-state index in [1.807, 2.05) is 12.1 Å². The number of piperidine rings is 1. The maximum atomic E-state index is 12.7. The van der Waals surface area contributed by atoms with Crippen LogP contribution in [0.15, 0.2) is 42.5 Å². The summed E-state index contributed by atoms with van der Waals surface area (Å²) in [5, 5.41) is 3.07. The van der Waals surface area contributed by atoms with E-state index in [2.05, 4.69) is 82.1 Å². The number of carbonyl (C=O) groups excluding carboxylic acids is 1. The lowest BCUT2D eigenvalue weighted by Crippen LogP contribution is -2.39. The van der Waals surface area contributed by atoms with Crippen LogP contribution in [0.25, 0.3) is 0 Å². The molecule has 1 aliphatic rings. The summed E-state index contributed by atoms with van der Waals surface area (Å²) in [6, 6.07) is 15.0. The highest BCUT2D eigenvalue weighted by molar-refractivity contribution is 5.91. The normalized spacial score (nSPS) is 17.2. The van der Waals surface area contributed by atoms with Crippen LogP contribution in [-0.4, -0.2) is 32.2 Å². The van der Waals surface area contributed by atoms with Gasteiger partial charge in [0.2, 0.25) is 5.91 Å². The number of ether oxygens (including phenoxy) is 1. The van der Waals surface area contributed by atoms with Crippen LogP contribution in [0.3, 0.4) is 0 Å². The first-order valence-corrected chi connectivity index (χ1v) is 12.3. The molecule has 1 heterocycles. The number of hydrogen-bond donors (Lipinski definition) is 1. The average Bonchev–Trinajstić information content (AvgIpc) is 2.77. The van der Waals surface area contributed by atoms with Crippen molar-refractivity contribution in [2.75, 3.05) is 30.4 Å². The summed E-state index contributed by atoms with van der Waals surface area (Å²) in [6.45, 7) is 15.4. The number of anilines is 2. The Bertz CT molecular complexity index is 903. The summed E-state index contributed by atoms with van der Waals surface area (Å²) in [6.07, 6.45) is 3.78. The number of carbonyl (C=O) groups is 1. The fourth-order valence-corrected chi connectivity index (χ4v) is 4.30. The van der Waals surface area contributed by atoms with Gasteiger partial charge in [0.15, 0.2) is 0 Å². The van der Waals surface area contributed by atoms with Crippen LogP contribution in [-0.2, 0) is 26.8 Å². The van der Waals surface area contributed by atoms with Crippen molar-refractivity contribution >= 4 is 17.3 Å². The molecule has 1 fully saturated rings. The van der Waals surface area contributed by atoms with Gasteiger partial charge in [0.1, 0.15) is 0 Å². The third kappa shape index (κ3) is 7.07. The molecule has 3 rings (SSSR count). The zero-order valence-corrected chi connectivity index (χ0v) is 21.6. The van der Waals surface area contributed by atoms with Crippen molar-refractivity contribution in [1.82, 2.24) is 0 Å². The molecule has 1 N–H and O–H groups in total. The standard InChI is InChI=1S/C29H42N2O2/c1-28(2,3)22-17-21(18-23(19-22)29(4,5)6)10-15-27(32)30-24-11-13-25(14-12-24)31-16-8-9-26(20-31)33-7/h11-14,17-19,26H,8-10,15-16,20H2,1-7H3,(H,30,32). The predicted molar refractivity (Wildman–Crippen MR) is 139 cm³/mol. The summed E-state index contributed by atoms with van der Waals surface area (Å²) in [5.74, 6) is 0.0543. The largest absolute Gasteiger partial charge is 0.380 e. The second kappa shape index (κ2) is 10.3.